The van der Waals surface area contributed by atoms with E-state index < -0.39 is 12.1 Å². The molecule has 6 nitrogen and oxygen atoms in total. The number of aromatic carboxylic acids is 1. The molecule has 146 valence electrons. The Kier molecular flexibility index (Phi) is 5.75. The molecule has 3 aromatic rings. The fourth-order valence-corrected chi connectivity index (χ4v) is 2.91. The third-order valence-corrected chi connectivity index (χ3v) is 4.50. The molecule has 0 aliphatic heterocycles. The zero-order chi connectivity index (χ0) is 20.3. The van der Waals surface area contributed by atoms with Crippen LogP contribution in [0.2, 0.25) is 0 Å². The summed E-state index contributed by atoms with van der Waals surface area (Å²) in [5.74, 6) is -0.917. The first-order valence-corrected chi connectivity index (χ1v) is 8.86. The SMILES string of the molecule is CC[C@H](O)Cn1nc(-c2cc(C(=O)O)ccc2OC)cc1-c1ccc(F)cc1. The molecule has 0 saturated heterocycles. The largest absolute Gasteiger partial charge is 0.496 e. The van der Waals surface area contributed by atoms with Crippen LogP contribution in [0.5, 0.6) is 5.75 Å². The van der Waals surface area contributed by atoms with Crippen LogP contribution in [0.15, 0.2) is 48.5 Å². The van der Waals surface area contributed by atoms with Crippen LogP contribution in [0, 0.1) is 5.82 Å². The van der Waals surface area contributed by atoms with Crippen molar-refractivity contribution in [3.8, 4) is 28.3 Å². The summed E-state index contributed by atoms with van der Waals surface area (Å²) in [5, 5.41) is 24.0. The van der Waals surface area contributed by atoms with Crippen LogP contribution in [0.4, 0.5) is 4.39 Å². The summed E-state index contributed by atoms with van der Waals surface area (Å²) in [6.07, 6.45) is -0.0465. The Morgan fingerprint density at radius 1 is 1.21 bits per heavy atom. The van der Waals surface area contributed by atoms with Gasteiger partial charge in [-0.15, -0.1) is 0 Å². The van der Waals surface area contributed by atoms with Gasteiger partial charge in [-0.3, -0.25) is 4.68 Å². The van der Waals surface area contributed by atoms with Crippen LogP contribution < -0.4 is 4.74 Å². The number of aliphatic hydroxyl groups excluding tert-OH is 1. The summed E-state index contributed by atoms with van der Waals surface area (Å²) in [4.78, 5) is 11.4. The monoisotopic (exact) mass is 384 g/mol. The van der Waals surface area contributed by atoms with Gasteiger partial charge in [0.05, 0.1) is 36.7 Å². The lowest BCUT2D eigenvalue weighted by Gasteiger charge is -2.11. The van der Waals surface area contributed by atoms with Gasteiger partial charge in [-0.25, -0.2) is 9.18 Å². The van der Waals surface area contributed by atoms with Crippen molar-refractivity contribution in [2.24, 2.45) is 0 Å². The van der Waals surface area contributed by atoms with E-state index >= 15 is 0 Å². The molecule has 2 aromatic carbocycles. The third-order valence-electron chi connectivity index (χ3n) is 4.50. The molecule has 0 bridgehead atoms. The number of carboxylic acid groups (broad SMARTS) is 1. The van der Waals surface area contributed by atoms with Gasteiger partial charge in [0.25, 0.3) is 0 Å². The predicted octanol–water partition coefficient (Wildman–Crippen LogP) is 3.83. The highest BCUT2D eigenvalue weighted by Crippen LogP contribution is 2.33. The van der Waals surface area contributed by atoms with Gasteiger partial charge in [-0.2, -0.15) is 5.10 Å². The average Bonchev–Trinajstić information content (AvgIpc) is 3.11. The minimum absolute atomic E-state index is 0.113. The lowest BCUT2D eigenvalue weighted by atomic mass is 10.1. The van der Waals surface area contributed by atoms with Gasteiger partial charge in [0.2, 0.25) is 0 Å². The number of rotatable bonds is 7. The van der Waals surface area contributed by atoms with Crippen molar-refractivity contribution in [3.63, 3.8) is 0 Å². The molecule has 1 aromatic heterocycles. The van der Waals surface area contributed by atoms with Gasteiger partial charge in [0, 0.05) is 11.1 Å². The van der Waals surface area contributed by atoms with Crippen LogP contribution in [0.1, 0.15) is 23.7 Å². The first-order valence-electron chi connectivity index (χ1n) is 8.86. The van der Waals surface area contributed by atoms with E-state index in [0.717, 1.165) is 5.56 Å². The van der Waals surface area contributed by atoms with Crippen molar-refractivity contribution in [2.75, 3.05) is 7.11 Å². The average molecular weight is 384 g/mol. The molecule has 0 saturated carbocycles. The van der Waals surface area contributed by atoms with E-state index in [2.05, 4.69) is 5.10 Å². The maximum atomic E-state index is 13.3. The second kappa shape index (κ2) is 8.22. The summed E-state index contributed by atoms with van der Waals surface area (Å²) in [7, 11) is 1.50. The predicted molar refractivity (Wildman–Crippen MR) is 103 cm³/mol. The number of carbonyl (C=O) groups is 1. The highest BCUT2D eigenvalue weighted by Gasteiger charge is 2.18. The Hall–Kier alpha value is -3.19. The lowest BCUT2D eigenvalue weighted by molar-refractivity contribution is 0.0697. The quantitative estimate of drug-likeness (QED) is 0.647. The molecule has 0 radical (unpaired) electrons. The Balaban J connectivity index is 2.15. The minimum Gasteiger partial charge on any atom is -0.496 e. The van der Waals surface area contributed by atoms with Gasteiger partial charge < -0.3 is 14.9 Å². The molecule has 2 N–H and O–H groups in total. The van der Waals surface area contributed by atoms with Crippen molar-refractivity contribution in [2.45, 2.75) is 26.0 Å². The Bertz CT molecular complexity index is 983. The highest BCUT2D eigenvalue weighted by molar-refractivity contribution is 5.90. The fraction of sp³-hybridized carbons (Fsp3) is 0.238. The van der Waals surface area contributed by atoms with Crippen LogP contribution in [-0.2, 0) is 6.54 Å². The summed E-state index contributed by atoms with van der Waals surface area (Å²) in [6.45, 7) is 2.12. The fourth-order valence-electron chi connectivity index (χ4n) is 2.91. The van der Waals surface area contributed by atoms with Crippen molar-refractivity contribution in [1.82, 2.24) is 9.78 Å². The van der Waals surface area contributed by atoms with Crippen LogP contribution >= 0.6 is 0 Å². The van der Waals surface area contributed by atoms with Gasteiger partial charge >= 0.3 is 5.97 Å². The molecule has 0 spiro atoms. The van der Waals surface area contributed by atoms with Crippen molar-refractivity contribution in [3.05, 3.63) is 59.9 Å². The second-order valence-corrected chi connectivity index (χ2v) is 6.39. The summed E-state index contributed by atoms with van der Waals surface area (Å²) in [5.41, 5.74) is 2.56. The van der Waals surface area contributed by atoms with Crippen LogP contribution in [0.25, 0.3) is 22.5 Å². The molecule has 3 rings (SSSR count). The standard InChI is InChI=1S/C21H21FN2O4/c1-3-16(25)12-24-19(13-4-7-15(22)8-5-13)11-18(23-24)17-10-14(21(26)27)6-9-20(17)28-2/h4-11,16,25H,3,12H2,1-2H3,(H,26,27)/t16-/m0/s1. The van der Waals surface area contributed by atoms with E-state index in [4.69, 9.17) is 4.74 Å². The minimum atomic E-state index is -1.05. The molecule has 0 amide bonds. The van der Waals surface area contributed by atoms with E-state index in [1.165, 1.54) is 31.4 Å². The van der Waals surface area contributed by atoms with E-state index in [9.17, 15) is 19.4 Å². The van der Waals surface area contributed by atoms with E-state index in [1.807, 2.05) is 6.92 Å². The first-order chi connectivity index (χ1) is 13.4. The molecule has 28 heavy (non-hydrogen) atoms. The van der Waals surface area contributed by atoms with Crippen molar-refractivity contribution >= 4 is 5.97 Å². The molecule has 0 unspecified atom stereocenters. The number of halogens is 1. The molecule has 0 aliphatic rings. The number of methoxy groups -OCH3 is 1. The molecular formula is C21H21FN2O4. The number of aliphatic hydroxyl groups is 1. The molecule has 0 aliphatic carbocycles. The molecular weight excluding hydrogens is 363 g/mol. The maximum Gasteiger partial charge on any atom is 0.335 e. The van der Waals surface area contributed by atoms with Gasteiger partial charge in [0.1, 0.15) is 11.6 Å². The van der Waals surface area contributed by atoms with Crippen LogP contribution in [0.3, 0.4) is 0 Å². The lowest BCUT2D eigenvalue weighted by Crippen LogP contribution is -2.16. The van der Waals surface area contributed by atoms with E-state index in [1.54, 1.807) is 28.9 Å². The zero-order valence-corrected chi connectivity index (χ0v) is 15.6. The van der Waals surface area contributed by atoms with Gasteiger partial charge in [-0.05, 0) is 55.0 Å². The number of benzene rings is 2. The zero-order valence-electron chi connectivity index (χ0n) is 15.6. The maximum absolute atomic E-state index is 13.3. The summed E-state index contributed by atoms with van der Waals surface area (Å²) < 4.78 is 20.3. The number of ether oxygens (including phenoxy) is 1. The molecule has 1 atom stereocenters. The first kappa shape index (κ1) is 19.6. The van der Waals surface area contributed by atoms with E-state index in [0.29, 0.717) is 29.1 Å². The molecule has 0 fully saturated rings. The Labute approximate surface area is 161 Å². The van der Waals surface area contributed by atoms with Gasteiger partial charge in [-0.1, -0.05) is 6.92 Å². The number of nitrogens with zero attached hydrogens (tertiary/aromatic N) is 2. The number of aromatic nitrogens is 2. The van der Waals surface area contributed by atoms with E-state index in [-0.39, 0.29) is 17.9 Å². The number of carboxylic acids is 1. The topological polar surface area (TPSA) is 84.6 Å². The molecule has 7 heteroatoms. The normalized spacial score (nSPS) is 12.0. The summed E-state index contributed by atoms with van der Waals surface area (Å²) >= 11 is 0. The van der Waals surface area contributed by atoms with Gasteiger partial charge in [0.15, 0.2) is 0 Å². The molecule has 1 heterocycles. The summed E-state index contributed by atoms with van der Waals surface area (Å²) in [6, 6.07) is 12.3. The number of hydrogen-bond acceptors (Lipinski definition) is 4. The Morgan fingerprint density at radius 2 is 1.93 bits per heavy atom. The van der Waals surface area contributed by atoms with Crippen molar-refractivity contribution < 1.29 is 24.1 Å². The highest BCUT2D eigenvalue weighted by atomic mass is 19.1. The Morgan fingerprint density at radius 3 is 2.54 bits per heavy atom. The smallest absolute Gasteiger partial charge is 0.335 e. The number of hydrogen-bond donors (Lipinski definition) is 2. The van der Waals surface area contributed by atoms with Crippen molar-refractivity contribution in [1.29, 1.82) is 0 Å². The van der Waals surface area contributed by atoms with Crippen LogP contribution in [-0.4, -0.2) is 39.2 Å². The third kappa shape index (κ3) is 4.04. The second-order valence-electron chi connectivity index (χ2n) is 6.39.